The van der Waals surface area contributed by atoms with Crippen molar-refractivity contribution in [2.24, 2.45) is 17.6 Å². The summed E-state index contributed by atoms with van der Waals surface area (Å²) in [6.45, 7) is 3.10. The summed E-state index contributed by atoms with van der Waals surface area (Å²) in [5.41, 5.74) is 8.32. The zero-order valence-electron chi connectivity index (χ0n) is 13.2. The monoisotopic (exact) mass is 333 g/mol. The minimum absolute atomic E-state index is 0. The Bertz CT molecular complexity index is 630. The molecule has 2 fully saturated rings. The normalized spacial score (nSPS) is 27.4. The maximum absolute atomic E-state index is 6.29. The van der Waals surface area contributed by atoms with Gasteiger partial charge in [-0.25, -0.2) is 0 Å². The summed E-state index contributed by atoms with van der Waals surface area (Å²) in [6, 6.07) is 12.6. The van der Waals surface area contributed by atoms with E-state index in [0.29, 0.717) is 12.0 Å². The molecule has 5 heteroatoms. The first-order chi connectivity index (χ1) is 10.8. The Kier molecular flexibility index (Phi) is 5.05. The van der Waals surface area contributed by atoms with E-state index < -0.39 is 0 Å². The summed E-state index contributed by atoms with van der Waals surface area (Å²) in [6.07, 6.45) is 3.81. The van der Waals surface area contributed by atoms with Crippen LogP contribution in [0.3, 0.4) is 0 Å². The van der Waals surface area contributed by atoms with E-state index in [9.17, 15) is 0 Å². The number of likely N-dealkylation sites (tertiary alicyclic amines) is 1. The number of halogens is 1. The molecule has 3 atom stereocenters. The van der Waals surface area contributed by atoms with Gasteiger partial charge in [0.1, 0.15) is 5.69 Å². The Balaban J connectivity index is 0.00000156. The lowest BCUT2D eigenvalue weighted by molar-refractivity contribution is 0.255. The van der Waals surface area contributed by atoms with Gasteiger partial charge in [-0.1, -0.05) is 41.9 Å². The van der Waals surface area contributed by atoms with Gasteiger partial charge in [0.15, 0.2) is 5.76 Å². The third kappa shape index (κ3) is 3.44. The van der Waals surface area contributed by atoms with E-state index in [4.69, 9.17) is 10.3 Å². The Morgan fingerprint density at radius 1 is 1.17 bits per heavy atom. The Morgan fingerprint density at radius 3 is 2.78 bits per heavy atom. The van der Waals surface area contributed by atoms with E-state index in [1.165, 1.54) is 19.3 Å². The number of rotatable bonds is 3. The Morgan fingerprint density at radius 2 is 2.00 bits per heavy atom. The van der Waals surface area contributed by atoms with Gasteiger partial charge in [0.2, 0.25) is 0 Å². The van der Waals surface area contributed by atoms with E-state index in [0.717, 1.165) is 42.6 Å². The summed E-state index contributed by atoms with van der Waals surface area (Å²) in [4.78, 5) is 2.48. The van der Waals surface area contributed by atoms with Crippen LogP contribution in [0.4, 0.5) is 0 Å². The molecule has 23 heavy (non-hydrogen) atoms. The molecule has 1 saturated heterocycles. The maximum atomic E-state index is 6.29. The second-order valence-electron chi connectivity index (χ2n) is 6.76. The van der Waals surface area contributed by atoms with E-state index in [2.05, 4.69) is 28.3 Å². The zero-order valence-corrected chi connectivity index (χ0v) is 14.0. The van der Waals surface area contributed by atoms with E-state index >= 15 is 0 Å². The van der Waals surface area contributed by atoms with Gasteiger partial charge in [-0.15, -0.1) is 12.4 Å². The third-order valence-corrected chi connectivity index (χ3v) is 5.24. The second-order valence-corrected chi connectivity index (χ2v) is 6.76. The molecule has 1 aromatic carbocycles. The summed E-state index contributed by atoms with van der Waals surface area (Å²) in [7, 11) is 0. The van der Waals surface area contributed by atoms with E-state index in [1.807, 2.05) is 18.2 Å². The molecule has 4 nitrogen and oxygen atoms in total. The maximum Gasteiger partial charge on any atom is 0.151 e. The largest absolute Gasteiger partial charge is 0.359 e. The van der Waals surface area contributed by atoms with Crippen molar-refractivity contribution in [3.05, 3.63) is 42.2 Å². The standard InChI is InChI=1S/C18H23N3O.ClH/c19-17-8-4-7-14-10-21(12-16(14)17)11-15-9-18(20-22-15)13-5-2-1-3-6-13;/h1-3,5-6,9,14,16-17H,4,7-8,10-12,19H2;1H. The molecule has 0 bridgehead atoms. The average Bonchev–Trinajstić information content (AvgIpc) is 3.16. The minimum atomic E-state index is 0. The highest BCUT2D eigenvalue weighted by Crippen LogP contribution is 2.36. The highest BCUT2D eigenvalue weighted by molar-refractivity contribution is 5.85. The third-order valence-electron chi connectivity index (χ3n) is 5.24. The molecule has 0 radical (unpaired) electrons. The average molecular weight is 334 g/mol. The number of aromatic nitrogens is 1. The molecule has 2 N–H and O–H groups in total. The number of hydrogen-bond donors (Lipinski definition) is 1. The molecule has 3 unspecified atom stereocenters. The molecule has 0 amide bonds. The number of nitrogens with zero attached hydrogens (tertiary/aromatic N) is 2. The molecule has 4 rings (SSSR count). The molecule has 2 aromatic rings. The summed E-state index contributed by atoms with van der Waals surface area (Å²) in [5.74, 6) is 2.40. The number of nitrogens with two attached hydrogens (primary N) is 1. The predicted molar refractivity (Wildman–Crippen MR) is 93.3 cm³/mol. The lowest BCUT2D eigenvalue weighted by Gasteiger charge is -2.29. The Labute approximate surface area is 143 Å². The van der Waals surface area contributed by atoms with Gasteiger partial charge >= 0.3 is 0 Å². The molecule has 1 saturated carbocycles. The fourth-order valence-corrected chi connectivity index (χ4v) is 4.09. The second kappa shape index (κ2) is 7.04. The molecule has 1 aromatic heterocycles. The van der Waals surface area contributed by atoms with Gasteiger partial charge in [-0.3, -0.25) is 4.90 Å². The SMILES string of the molecule is Cl.NC1CCCC2CN(Cc3cc(-c4ccccc4)no3)CC12. The van der Waals surface area contributed by atoms with Gasteiger partial charge in [-0.2, -0.15) is 0 Å². The van der Waals surface area contributed by atoms with E-state index in [-0.39, 0.29) is 12.4 Å². The van der Waals surface area contributed by atoms with Crippen LogP contribution in [-0.4, -0.2) is 29.2 Å². The van der Waals surface area contributed by atoms with Gasteiger partial charge in [0.25, 0.3) is 0 Å². The molecular weight excluding hydrogens is 310 g/mol. The van der Waals surface area contributed by atoms with Gasteiger partial charge in [0, 0.05) is 30.8 Å². The van der Waals surface area contributed by atoms with Crippen LogP contribution >= 0.6 is 12.4 Å². The van der Waals surface area contributed by atoms with Crippen molar-refractivity contribution in [1.29, 1.82) is 0 Å². The van der Waals surface area contributed by atoms with Crippen LogP contribution in [0.1, 0.15) is 25.0 Å². The van der Waals surface area contributed by atoms with Crippen molar-refractivity contribution in [1.82, 2.24) is 10.1 Å². The summed E-state index contributed by atoms with van der Waals surface area (Å²) >= 11 is 0. The van der Waals surface area contributed by atoms with Crippen LogP contribution < -0.4 is 5.73 Å². The highest BCUT2D eigenvalue weighted by Gasteiger charge is 2.38. The van der Waals surface area contributed by atoms with Crippen LogP contribution in [0.25, 0.3) is 11.3 Å². The number of hydrogen-bond acceptors (Lipinski definition) is 4. The van der Waals surface area contributed by atoms with Crippen molar-refractivity contribution in [3.8, 4) is 11.3 Å². The first-order valence-corrected chi connectivity index (χ1v) is 8.28. The summed E-state index contributed by atoms with van der Waals surface area (Å²) in [5, 5.41) is 4.21. The predicted octanol–water partition coefficient (Wildman–Crippen LogP) is 3.32. The van der Waals surface area contributed by atoms with Crippen LogP contribution in [0.2, 0.25) is 0 Å². The molecule has 1 aliphatic carbocycles. The molecule has 2 heterocycles. The lowest BCUT2D eigenvalue weighted by atomic mass is 9.78. The quantitative estimate of drug-likeness (QED) is 0.936. The van der Waals surface area contributed by atoms with Crippen molar-refractivity contribution in [2.45, 2.75) is 31.8 Å². The molecule has 124 valence electrons. The number of benzene rings is 1. The van der Waals surface area contributed by atoms with Crippen LogP contribution in [-0.2, 0) is 6.54 Å². The zero-order chi connectivity index (χ0) is 14.9. The molecule has 1 aliphatic heterocycles. The van der Waals surface area contributed by atoms with Gasteiger partial charge in [0.05, 0.1) is 6.54 Å². The van der Waals surface area contributed by atoms with Gasteiger partial charge < -0.3 is 10.3 Å². The molecule has 0 spiro atoms. The highest BCUT2D eigenvalue weighted by atomic mass is 35.5. The topological polar surface area (TPSA) is 55.3 Å². The van der Waals surface area contributed by atoms with Crippen molar-refractivity contribution in [3.63, 3.8) is 0 Å². The number of fused-ring (bicyclic) bond motifs is 1. The van der Waals surface area contributed by atoms with Crippen molar-refractivity contribution in [2.75, 3.05) is 13.1 Å². The van der Waals surface area contributed by atoms with Crippen molar-refractivity contribution >= 4 is 12.4 Å². The minimum Gasteiger partial charge on any atom is -0.359 e. The first-order valence-electron chi connectivity index (χ1n) is 8.28. The molecule has 2 aliphatic rings. The summed E-state index contributed by atoms with van der Waals surface area (Å²) < 4.78 is 5.54. The van der Waals surface area contributed by atoms with Crippen LogP contribution in [0.5, 0.6) is 0 Å². The smallest absolute Gasteiger partial charge is 0.151 e. The lowest BCUT2D eigenvalue weighted by Crippen LogP contribution is -2.38. The van der Waals surface area contributed by atoms with Gasteiger partial charge in [-0.05, 0) is 24.7 Å². The first kappa shape index (κ1) is 16.5. The van der Waals surface area contributed by atoms with Crippen molar-refractivity contribution < 1.29 is 4.52 Å². The fraction of sp³-hybridized carbons (Fsp3) is 0.500. The Hall–Kier alpha value is -1.36. The van der Waals surface area contributed by atoms with E-state index in [1.54, 1.807) is 0 Å². The van der Waals surface area contributed by atoms with Crippen LogP contribution in [0, 0.1) is 11.8 Å². The fourth-order valence-electron chi connectivity index (χ4n) is 4.09. The van der Waals surface area contributed by atoms with Crippen LogP contribution in [0.15, 0.2) is 40.9 Å². The molecular formula is C18H24ClN3O.